The summed E-state index contributed by atoms with van der Waals surface area (Å²) in [4.78, 5) is 18.1. The third-order valence-electron chi connectivity index (χ3n) is 4.83. The van der Waals surface area contributed by atoms with Gasteiger partial charge in [0.05, 0.1) is 24.3 Å². The fraction of sp³-hybridized carbons (Fsp3) is 0.263. The normalized spacial score (nSPS) is 14.8. The van der Waals surface area contributed by atoms with Crippen molar-refractivity contribution in [2.45, 2.75) is 0 Å². The minimum atomic E-state index is 0.632. The molecule has 28 heavy (non-hydrogen) atoms. The lowest BCUT2D eigenvalue weighted by Gasteiger charge is -2.34. The molecular weight excluding hydrogens is 378 g/mol. The van der Waals surface area contributed by atoms with Crippen LogP contribution in [0.3, 0.4) is 0 Å². The lowest BCUT2D eigenvalue weighted by molar-refractivity contribution is 0.540. The molecule has 0 N–H and O–H groups in total. The highest BCUT2D eigenvalue weighted by Crippen LogP contribution is 2.26. The van der Waals surface area contributed by atoms with Gasteiger partial charge < -0.3 is 14.2 Å². The first-order valence-electron chi connectivity index (χ1n) is 9.03. The van der Waals surface area contributed by atoms with Crippen LogP contribution in [0.15, 0.2) is 47.4 Å². The van der Waals surface area contributed by atoms with Gasteiger partial charge in [0.2, 0.25) is 0 Å². The molecule has 8 nitrogen and oxygen atoms in total. The minimum Gasteiger partial charge on any atom is -0.423 e. The standard InChI is InChI=1S/C19H18ClN7O/c1-25-12-13(9-22-25)16-10-21-11-18(23-16)26-4-6-27(7-5-26)19-24-15-8-14(20)2-3-17(15)28-19/h2-3,8-12H,4-7H2,1H3. The number of hydrogen-bond donors (Lipinski definition) is 0. The van der Waals surface area contributed by atoms with Crippen molar-refractivity contribution < 1.29 is 4.42 Å². The van der Waals surface area contributed by atoms with Crippen LogP contribution in [-0.4, -0.2) is 50.9 Å². The number of rotatable bonds is 3. The minimum absolute atomic E-state index is 0.632. The zero-order valence-electron chi connectivity index (χ0n) is 15.3. The Kier molecular flexibility index (Phi) is 4.12. The van der Waals surface area contributed by atoms with Crippen molar-refractivity contribution in [3.05, 3.63) is 48.0 Å². The first-order chi connectivity index (χ1) is 13.7. The maximum Gasteiger partial charge on any atom is 0.298 e. The summed E-state index contributed by atoms with van der Waals surface area (Å²) in [6.45, 7) is 3.20. The molecule has 0 radical (unpaired) electrons. The zero-order valence-corrected chi connectivity index (χ0v) is 16.0. The number of nitrogens with zero attached hydrogens (tertiary/aromatic N) is 7. The van der Waals surface area contributed by atoms with Gasteiger partial charge in [-0.25, -0.2) is 4.98 Å². The molecule has 1 aliphatic heterocycles. The van der Waals surface area contributed by atoms with E-state index < -0.39 is 0 Å². The van der Waals surface area contributed by atoms with Gasteiger partial charge in [0, 0.05) is 50.0 Å². The van der Waals surface area contributed by atoms with E-state index in [9.17, 15) is 0 Å². The van der Waals surface area contributed by atoms with E-state index in [1.54, 1.807) is 23.3 Å². The van der Waals surface area contributed by atoms with E-state index in [4.69, 9.17) is 21.0 Å². The van der Waals surface area contributed by atoms with Crippen LogP contribution in [0.5, 0.6) is 0 Å². The molecule has 0 atom stereocenters. The van der Waals surface area contributed by atoms with Crippen LogP contribution >= 0.6 is 11.6 Å². The Bertz CT molecular complexity index is 1130. The molecule has 9 heteroatoms. The van der Waals surface area contributed by atoms with Crippen LogP contribution in [0.2, 0.25) is 5.02 Å². The molecule has 0 spiro atoms. The summed E-state index contributed by atoms with van der Waals surface area (Å²) >= 11 is 6.04. The summed E-state index contributed by atoms with van der Waals surface area (Å²) in [5.74, 6) is 0.866. The van der Waals surface area contributed by atoms with Crippen molar-refractivity contribution >= 4 is 34.5 Å². The van der Waals surface area contributed by atoms with E-state index >= 15 is 0 Å². The fourth-order valence-electron chi connectivity index (χ4n) is 3.35. The Morgan fingerprint density at radius 2 is 1.82 bits per heavy atom. The second-order valence-electron chi connectivity index (χ2n) is 6.75. The van der Waals surface area contributed by atoms with Gasteiger partial charge in [-0.3, -0.25) is 9.67 Å². The van der Waals surface area contributed by atoms with E-state index in [-0.39, 0.29) is 0 Å². The first-order valence-corrected chi connectivity index (χ1v) is 9.40. The van der Waals surface area contributed by atoms with Gasteiger partial charge in [-0.05, 0) is 18.2 Å². The van der Waals surface area contributed by atoms with Crippen LogP contribution in [0.4, 0.5) is 11.8 Å². The van der Waals surface area contributed by atoms with E-state index in [0.29, 0.717) is 11.0 Å². The highest BCUT2D eigenvalue weighted by Gasteiger charge is 2.22. The Labute approximate surface area is 166 Å². The number of piperazine rings is 1. The van der Waals surface area contributed by atoms with Crippen molar-refractivity contribution in [3.8, 4) is 11.3 Å². The molecule has 4 heterocycles. The molecule has 1 fully saturated rings. The third kappa shape index (κ3) is 3.16. The number of aryl methyl sites for hydroxylation is 1. The van der Waals surface area contributed by atoms with Gasteiger partial charge in [-0.2, -0.15) is 10.1 Å². The van der Waals surface area contributed by atoms with E-state index in [1.807, 2.05) is 31.4 Å². The smallest absolute Gasteiger partial charge is 0.298 e. The molecule has 142 valence electrons. The molecule has 0 saturated carbocycles. The van der Waals surface area contributed by atoms with Crippen molar-refractivity contribution in [3.63, 3.8) is 0 Å². The van der Waals surface area contributed by atoms with E-state index in [0.717, 1.165) is 54.4 Å². The van der Waals surface area contributed by atoms with Gasteiger partial charge in [0.1, 0.15) is 11.3 Å². The van der Waals surface area contributed by atoms with Crippen LogP contribution in [0.25, 0.3) is 22.4 Å². The molecule has 1 aromatic carbocycles. The van der Waals surface area contributed by atoms with Gasteiger partial charge in [-0.1, -0.05) is 11.6 Å². The van der Waals surface area contributed by atoms with Crippen LogP contribution in [0.1, 0.15) is 0 Å². The SMILES string of the molecule is Cn1cc(-c2cncc(N3CCN(c4nc5cc(Cl)ccc5o4)CC3)n2)cn1. The monoisotopic (exact) mass is 395 g/mol. The average Bonchev–Trinajstić information content (AvgIpc) is 3.34. The van der Waals surface area contributed by atoms with Crippen molar-refractivity contribution in [1.82, 2.24) is 24.7 Å². The summed E-state index contributed by atoms with van der Waals surface area (Å²) in [6.07, 6.45) is 7.30. The molecule has 1 saturated heterocycles. The van der Waals surface area contributed by atoms with Gasteiger partial charge >= 0.3 is 0 Å². The number of hydrogen-bond acceptors (Lipinski definition) is 7. The van der Waals surface area contributed by atoms with Crippen molar-refractivity contribution in [2.24, 2.45) is 7.05 Å². The summed E-state index contributed by atoms with van der Waals surface area (Å²) in [5, 5.41) is 4.86. The number of benzene rings is 1. The summed E-state index contributed by atoms with van der Waals surface area (Å²) in [7, 11) is 1.89. The molecule has 0 unspecified atom stereocenters. The van der Waals surface area contributed by atoms with E-state index in [1.165, 1.54) is 0 Å². The average molecular weight is 396 g/mol. The second-order valence-corrected chi connectivity index (χ2v) is 7.18. The Morgan fingerprint density at radius 1 is 1.00 bits per heavy atom. The Morgan fingerprint density at radius 3 is 2.61 bits per heavy atom. The van der Waals surface area contributed by atoms with Gasteiger partial charge in [0.15, 0.2) is 5.58 Å². The van der Waals surface area contributed by atoms with Gasteiger partial charge in [0.25, 0.3) is 6.01 Å². The maximum absolute atomic E-state index is 6.04. The number of fused-ring (bicyclic) bond motifs is 1. The second kappa shape index (κ2) is 6.79. The van der Waals surface area contributed by atoms with E-state index in [2.05, 4.69) is 24.9 Å². The molecule has 0 amide bonds. The van der Waals surface area contributed by atoms with Crippen molar-refractivity contribution in [1.29, 1.82) is 0 Å². The van der Waals surface area contributed by atoms with Crippen LogP contribution < -0.4 is 9.80 Å². The third-order valence-corrected chi connectivity index (χ3v) is 5.07. The lowest BCUT2D eigenvalue weighted by Crippen LogP contribution is -2.47. The van der Waals surface area contributed by atoms with Gasteiger partial charge in [-0.15, -0.1) is 0 Å². The number of anilines is 2. The molecule has 0 bridgehead atoms. The Balaban J connectivity index is 1.31. The lowest BCUT2D eigenvalue weighted by atomic mass is 10.2. The van der Waals surface area contributed by atoms with Crippen molar-refractivity contribution in [2.75, 3.05) is 36.0 Å². The molecular formula is C19H18ClN7O. The summed E-state index contributed by atoms with van der Waals surface area (Å²) < 4.78 is 7.64. The van der Waals surface area contributed by atoms with Crippen LogP contribution in [0, 0.1) is 0 Å². The topological polar surface area (TPSA) is 76.1 Å². The quantitative estimate of drug-likeness (QED) is 0.527. The summed E-state index contributed by atoms with van der Waals surface area (Å²) in [5.41, 5.74) is 3.31. The highest BCUT2D eigenvalue weighted by atomic mass is 35.5. The predicted octanol–water partition coefficient (Wildman–Crippen LogP) is 3.00. The maximum atomic E-state index is 6.04. The first kappa shape index (κ1) is 17.0. The number of aromatic nitrogens is 5. The zero-order chi connectivity index (χ0) is 19.1. The molecule has 5 rings (SSSR count). The molecule has 1 aliphatic rings. The predicted molar refractivity (Wildman–Crippen MR) is 108 cm³/mol. The fourth-order valence-corrected chi connectivity index (χ4v) is 3.52. The Hall–Kier alpha value is -3.13. The van der Waals surface area contributed by atoms with Crippen LogP contribution in [-0.2, 0) is 7.05 Å². The molecule has 0 aliphatic carbocycles. The highest BCUT2D eigenvalue weighted by molar-refractivity contribution is 6.31. The number of halogens is 1. The largest absolute Gasteiger partial charge is 0.423 e. The summed E-state index contributed by atoms with van der Waals surface area (Å²) in [6, 6.07) is 6.11. The number of oxazole rings is 1. The molecule has 3 aromatic heterocycles. The molecule has 4 aromatic rings.